The second kappa shape index (κ2) is 13.2. The Morgan fingerprint density at radius 3 is 2.50 bits per heavy atom. The van der Waals surface area contributed by atoms with Crippen LogP contribution in [0.5, 0.6) is 0 Å². The van der Waals surface area contributed by atoms with Gasteiger partial charge in [0.05, 0.1) is 31.7 Å². The number of anilines is 1. The van der Waals surface area contributed by atoms with Gasteiger partial charge in [-0.25, -0.2) is 4.98 Å². The number of carbonyl (C=O) groups excluding carboxylic acids is 1. The van der Waals surface area contributed by atoms with Gasteiger partial charge in [0.2, 0.25) is 5.91 Å². The third kappa shape index (κ3) is 7.55. The summed E-state index contributed by atoms with van der Waals surface area (Å²) in [5, 5.41) is 21.6. The van der Waals surface area contributed by atoms with Crippen molar-refractivity contribution in [2.24, 2.45) is 0 Å². The van der Waals surface area contributed by atoms with Gasteiger partial charge in [-0.1, -0.05) is 59.6 Å². The summed E-state index contributed by atoms with van der Waals surface area (Å²) in [6, 6.07) is 14.8. The lowest BCUT2D eigenvalue weighted by atomic mass is 10.00. The number of carboxylic acid groups (broad SMARTS) is 1. The molecule has 9 nitrogen and oxygen atoms in total. The van der Waals surface area contributed by atoms with Gasteiger partial charge in [-0.15, -0.1) is 0 Å². The van der Waals surface area contributed by atoms with Crippen LogP contribution in [0.1, 0.15) is 61.2 Å². The maximum Gasteiger partial charge on any atom is 0.303 e. The van der Waals surface area contributed by atoms with E-state index >= 15 is 0 Å². The molecule has 0 saturated carbocycles. The number of nitrogens with one attached hydrogen (secondary N) is 1. The molecule has 1 aliphatic heterocycles. The summed E-state index contributed by atoms with van der Waals surface area (Å²) in [4.78, 5) is 27.1. The molecule has 38 heavy (non-hydrogen) atoms. The highest BCUT2D eigenvalue weighted by atomic mass is 35.5. The Bertz CT molecular complexity index is 1250. The van der Waals surface area contributed by atoms with Crippen molar-refractivity contribution in [2.45, 2.75) is 63.8 Å². The molecule has 0 unspecified atom stereocenters. The largest absolute Gasteiger partial charge is 0.481 e. The minimum Gasteiger partial charge on any atom is -0.481 e. The number of hydrogen-bond acceptors (Lipinski definition) is 6. The van der Waals surface area contributed by atoms with E-state index in [0.29, 0.717) is 36.6 Å². The van der Waals surface area contributed by atoms with E-state index in [4.69, 9.17) is 37.8 Å². The standard InChI is InChI=1S/C27H29Cl2N3O6/c28-25-26(29)32(16-30-25)14-21-13-22(18-10-8-17(15-33)9-11-18)38-27(37-21)19-4-3-5-20(12-19)31-23(34)6-1-2-7-24(35)36/h3-5,8-12,16,21-22,27,33H,1-2,6-7,13-15H2,(H,31,34)(H,35,36)/t21-,22+,27+/m1/s1. The van der Waals surface area contributed by atoms with Crippen LogP contribution in [0.2, 0.25) is 10.3 Å². The molecule has 1 fully saturated rings. The van der Waals surface area contributed by atoms with E-state index in [0.717, 1.165) is 16.7 Å². The maximum atomic E-state index is 12.4. The maximum absolute atomic E-state index is 12.4. The van der Waals surface area contributed by atoms with Gasteiger partial charge < -0.3 is 29.6 Å². The van der Waals surface area contributed by atoms with Crippen molar-refractivity contribution in [2.75, 3.05) is 5.32 Å². The van der Waals surface area contributed by atoms with Crippen molar-refractivity contribution in [1.29, 1.82) is 0 Å². The summed E-state index contributed by atoms with van der Waals surface area (Å²) in [7, 11) is 0. The minimum absolute atomic E-state index is 0.0423. The first kappa shape index (κ1) is 28.1. The molecule has 3 aromatic rings. The Kier molecular flexibility index (Phi) is 9.76. The number of imidazole rings is 1. The average molecular weight is 562 g/mol. The van der Waals surface area contributed by atoms with Crippen LogP contribution >= 0.6 is 23.2 Å². The lowest BCUT2D eigenvalue weighted by Crippen LogP contribution is -2.32. The summed E-state index contributed by atoms with van der Waals surface area (Å²) in [5.74, 6) is -1.06. The summed E-state index contributed by atoms with van der Waals surface area (Å²) >= 11 is 12.3. The zero-order chi connectivity index (χ0) is 27.1. The first-order chi connectivity index (χ1) is 18.3. The Morgan fingerprint density at radius 1 is 1.05 bits per heavy atom. The van der Waals surface area contributed by atoms with Crippen LogP contribution in [-0.2, 0) is 32.2 Å². The molecule has 2 aromatic carbocycles. The number of rotatable bonds is 11. The fourth-order valence-corrected chi connectivity index (χ4v) is 4.58. The topological polar surface area (TPSA) is 123 Å². The highest BCUT2D eigenvalue weighted by Gasteiger charge is 2.33. The second-order valence-corrected chi connectivity index (χ2v) is 9.82. The van der Waals surface area contributed by atoms with Crippen molar-refractivity contribution >= 4 is 40.8 Å². The Hall–Kier alpha value is -2.95. The molecule has 0 aliphatic carbocycles. The Labute approximate surface area is 230 Å². The Morgan fingerprint density at radius 2 is 1.82 bits per heavy atom. The summed E-state index contributed by atoms with van der Waals surface area (Å²) < 4.78 is 14.4. The van der Waals surface area contributed by atoms with Gasteiger partial charge in [0.15, 0.2) is 11.4 Å². The van der Waals surface area contributed by atoms with Crippen LogP contribution in [0.15, 0.2) is 54.9 Å². The third-order valence-corrected chi connectivity index (χ3v) is 7.00. The molecule has 3 atom stereocenters. The molecule has 202 valence electrons. The van der Waals surface area contributed by atoms with Crippen molar-refractivity contribution in [3.63, 3.8) is 0 Å². The molecule has 2 heterocycles. The number of carbonyl (C=O) groups is 2. The van der Waals surface area contributed by atoms with E-state index < -0.39 is 12.3 Å². The first-order valence-corrected chi connectivity index (χ1v) is 13.1. The molecule has 0 spiro atoms. The van der Waals surface area contributed by atoms with Crippen molar-refractivity contribution in [3.05, 3.63) is 81.9 Å². The molecule has 3 N–H and O–H groups in total. The van der Waals surface area contributed by atoms with Crippen LogP contribution in [0.25, 0.3) is 0 Å². The van der Waals surface area contributed by atoms with E-state index in [1.54, 1.807) is 23.0 Å². The highest BCUT2D eigenvalue weighted by molar-refractivity contribution is 6.40. The van der Waals surface area contributed by atoms with Gasteiger partial charge in [0, 0.05) is 30.5 Å². The molecular formula is C27H29Cl2N3O6. The van der Waals surface area contributed by atoms with Crippen LogP contribution < -0.4 is 5.32 Å². The number of carboxylic acids is 1. The minimum atomic E-state index is -0.870. The van der Waals surface area contributed by atoms with Crippen molar-refractivity contribution in [3.8, 4) is 0 Å². The van der Waals surface area contributed by atoms with E-state index in [9.17, 15) is 14.7 Å². The molecule has 0 radical (unpaired) electrons. The van der Waals surface area contributed by atoms with Gasteiger partial charge in [0.1, 0.15) is 5.15 Å². The number of aromatic nitrogens is 2. The van der Waals surface area contributed by atoms with Gasteiger partial charge in [-0.3, -0.25) is 9.59 Å². The smallest absolute Gasteiger partial charge is 0.303 e. The number of halogens is 2. The summed E-state index contributed by atoms with van der Waals surface area (Å²) in [6.07, 6.45) is 2.03. The number of aliphatic hydroxyl groups is 1. The van der Waals surface area contributed by atoms with Crippen LogP contribution in [0, 0.1) is 0 Å². The number of ether oxygens (including phenoxy) is 2. The number of nitrogens with zero attached hydrogens (tertiary/aromatic N) is 2. The summed E-state index contributed by atoms with van der Waals surface area (Å²) in [6.45, 7) is 0.370. The number of amides is 1. The number of aliphatic carboxylic acids is 1. The molecular weight excluding hydrogens is 533 g/mol. The van der Waals surface area contributed by atoms with E-state index in [1.807, 2.05) is 36.4 Å². The lowest BCUT2D eigenvalue weighted by molar-refractivity contribution is -0.252. The SMILES string of the molecule is O=C(O)CCCCC(=O)Nc1cccc([C@H]2O[C@@H](Cn3cnc(Cl)c3Cl)C[C@@H](c3ccc(CO)cc3)O2)c1. The number of hydrogen-bond donors (Lipinski definition) is 3. The number of aliphatic hydroxyl groups excluding tert-OH is 1. The predicted octanol–water partition coefficient (Wildman–Crippen LogP) is 5.51. The monoisotopic (exact) mass is 561 g/mol. The highest BCUT2D eigenvalue weighted by Crippen LogP contribution is 2.39. The lowest BCUT2D eigenvalue weighted by Gasteiger charge is -2.36. The van der Waals surface area contributed by atoms with Gasteiger partial charge in [-0.2, -0.15) is 0 Å². The normalized spacial score (nSPS) is 19.3. The number of benzene rings is 2. The fourth-order valence-electron chi connectivity index (χ4n) is 4.27. The van der Waals surface area contributed by atoms with Gasteiger partial charge in [0.25, 0.3) is 0 Å². The van der Waals surface area contributed by atoms with Crippen LogP contribution in [0.4, 0.5) is 5.69 Å². The quantitative estimate of drug-likeness (QED) is 0.263. The molecule has 1 aliphatic rings. The second-order valence-electron chi connectivity index (χ2n) is 9.10. The molecule has 1 saturated heterocycles. The fraction of sp³-hybridized carbons (Fsp3) is 0.370. The average Bonchev–Trinajstić information content (AvgIpc) is 3.23. The number of unbranched alkanes of at least 4 members (excludes halogenated alkanes) is 1. The van der Waals surface area contributed by atoms with E-state index in [2.05, 4.69) is 10.3 Å². The molecule has 11 heteroatoms. The van der Waals surface area contributed by atoms with E-state index in [1.165, 1.54) is 0 Å². The zero-order valence-corrected chi connectivity index (χ0v) is 22.1. The summed E-state index contributed by atoms with van der Waals surface area (Å²) in [5.41, 5.74) is 3.07. The van der Waals surface area contributed by atoms with Crippen molar-refractivity contribution in [1.82, 2.24) is 9.55 Å². The zero-order valence-electron chi connectivity index (χ0n) is 20.6. The van der Waals surface area contributed by atoms with Crippen molar-refractivity contribution < 1.29 is 29.3 Å². The molecule has 4 rings (SSSR count). The van der Waals surface area contributed by atoms with E-state index in [-0.39, 0.29) is 42.7 Å². The van der Waals surface area contributed by atoms with Crippen LogP contribution in [-0.4, -0.2) is 37.7 Å². The predicted molar refractivity (Wildman–Crippen MR) is 142 cm³/mol. The van der Waals surface area contributed by atoms with Crippen LogP contribution in [0.3, 0.4) is 0 Å². The Balaban J connectivity index is 1.49. The molecule has 0 bridgehead atoms. The molecule has 1 amide bonds. The third-order valence-electron chi connectivity index (χ3n) is 6.24. The van der Waals surface area contributed by atoms with Gasteiger partial charge in [-0.05, 0) is 36.1 Å². The molecule has 1 aromatic heterocycles. The first-order valence-electron chi connectivity index (χ1n) is 12.3. The van der Waals surface area contributed by atoms with Gasteiger partial charge >= 0.3 is 5.97 Å².